The van der Waals surface area contributed by atoms with Crippen LogP contribution in [-0.4, -0.2) is 84.9 Å². The minimum absolute atomic E-state index is 0.191. The Morgan fingerprint density at radius 3 is 2.59 bits per heavy atom. The fourth-order valence-electron chi connectivity index (χ4n) is 4.45. The van der Waals surface area contributed by atoms with Crippen molar-refractivity contribution < 1.29 is 19.1 Å². The van der Waals surface area contributed by atoms with Gasteiger partial charge in [-0.2, -0.15) is 0 Å². The fraction of sp³-hybridized carbons (Fsp3) is 0.550. The van der Waals surface area contributed by atoms with Crippen LogP contribution in [0.25, 0.3) is 0 Å². The van der Waals surface area contributed by atoms with E-state index in [1.165, 1.54) is 17.6 Å². The predicted molar refractivity (Wildman–Crippen MR) is 106 cm³/mol. The summed E-state index contributed by atoms with van der Waals surface area (Å²) in [4.78, 5) is 44.4. The lowest BCUT2D eigenvalue weighted by molar-refractivity contribution is -0.149. The van der Waals surface area contributed by atoms with E-state index in [9.17, 15) is 14.4 Å². The van der Waals surface area contributed by atoms with Crippen molar-refractivity contribution in [3.8, 4) is 0 Å². The first-order valence-corrected chi connectivity index (χ1v) is 9.98. The average molecular weight is 401 g/mol. The quantitative estimate of drug-likeness (QED) is 0.732. The summed E-state index contributed by atoms with van der Waals surface area (Å²) in [5.74, 6) is -0.973. The number of urea groups is 1. The number of aryl methyl sites for hydroxylation is 1. The van der Waals surface area contributed by atoms with Crippen molar-refractivity contribution >= 4 is 23.6 Å². The molecule has 9 nitrogen and oxygen atoms in total. The zero-order valence-corrected chi connectivity index (χ0v) is 17.0. The molecule has 3 aliphatic rings. The average Bonchev–Trinajstić information content (AvgIpc) is 3.15. The van der Waals surface area contributed by atoms with Crippen molar-refractivity contribution in [2.75, 3.05) is 38.7 Å². The van der Waals surface area contributed by atoms with Crippen LogP contribution >= 0.6 is 0 Å². The topological polar surface area (TPSA) is 85.4 Å². The molecule has 3 aliphatic heterocycles. The normalized spacial score (nSPS) is 27.1. The largest absolute Gasteiger partial charge is 0.468 e. The van der Waals surface area contributed by atoms with Gasteiger partial charge in [0.25, 0.3) is 5.91 Å². The molecule has 0 saturated carbocycles. The number of fused-ring (bicyclic) bond motifs is 3. The number of ether oxygens (including phenoxy) is 1. The molecule has 3 fully saturated rings. The van der Waals surface area contributed by atoms with E-state index in [4.69, 9.17) is 0 Å². The second-order valence-electron chi connectivity index (χ2n) is 7.63. The second kappa shape index (κ2) is 7.64. The van der Waals surface area contributed by atoms with E-state index in [1.807, 2.05) is 0 Å². The molecule has 156 valence electrons. The number of imide groups is 1. The van der Waals surface area contributed by atoms with Gasteiger partial charge in [-0.15, -0.1) is 0 Å². The summed E-state index contributed by atoms with van der Waals surface area (Å²) in [6.07, 6.45) is 1.25. The molecule has 3 atom stereocenters. The van der Waals surface area contributed by atoms with Gasteiger partial charge >= 0.3 is 12.0 Å². The Morgan fingerprint density at radius 2 is 1.93 bits per heavy atom. The number of amides is 3. The first-order valence-electron chi connectivity index (χ1n) is 9.98. The van der Waals surface area contributed by atoms with Crippen molar-refractivity contribution in [3.05, 3.63) is 29.8 Å². The van der Waals surface area contributed by atoms with Gasteiger partial charge in [0.05, 0.1) is 7.11 Å². The number of rotatable bonds is 4. The third-order valence-electron chi connectivity index (χ3n) is 6.06. The van der Waals surface area contributed by atoms with Crippen LogP contribution in [0.1, 0.15) is 18.9 Å². The molecule has 3 heterocycles. The van der Waals surface area contributed by atoms with Gasteiger partial charge in [-0.1, -0.05) is 19.1 Å². The number of nitrogens with one attached hydrogen (secondary N) is 1. The van der Waals surface area contributed by atoms with Gasteiger partial charge in [-0.3, -0.25) is 24.7 Å². The Hall–Kier alpha value is -2.65. The molecule has 3 saturated heterocycles. The molecule has 0 bridgehead atoms. The molecule has 3 amide bonds. The molecular formula is C20H27N5O4. The van der Waals surface area contributed by atoms with Crippen LogP contribution in [0.4, 0.5) is 10.5 Å². The summed E-state index contributed by atoms with van der Waals surface area (Å²) in [7, 11) is 2.90. The number of hydrogen-bond donors (Lipinski definition) is 1. The Kier molecular flexibility index (Phi) is 5.18. The smallest absolute Gasteiger partial charge is 0.328 e. The number of likely N-dealkylation sites (N-methyl/N-ethyl adjacent to an activating group) is 1. The lowest BCUT2D eigenvalue weighted by atomic mass is 10.1. The third-order valence-corrected chi connectivity index (χ3v) is 6.06. The van der Waals surface area contributed by atoms with E-state index in [0.29, 0.717) is 0 Å². The molecule has 3 unspecified atom stereocenters. The summed E-state index contributed by atoms with van der Waals surface area (Å²) in [6, 6.07) is 7.42. The SMILES string of the molecule is CCc1ccc(N2CCCN3C4C(=O)N(CC(=O)OC)C(=O)N(C)C4NC23)cc1. The van der Waals surface area contributed by atoms with Gasteiger partial charge in [-0.05, 0) is 30.5 Å². The number of nitrogens with zero attached hydrogens (tertiary/aromatic N) is 4. The van der Waals surface area contributed by atoms with Gasteiger partial charge in [0.1, 0.15) is 25.0 Å². The van der Waals surface area contributed by atoms with Gasteiger partial charge < -0.3 is 14.5 Å². The van der Waals surface area contributed by atoms with E-state index in [0.717, 1.165) is 36.5 Å². The van der Waals surface area contributed by atoms with E-state index < -0.39 is 24.2 Å². The van der Waals surface area contributed by atoms with Crippen molar-refractivity contribution in [2.45, 2.75) is 38.3 Å². The molecule has 1 aromatic rings. The van der Waals surface area contributed by atoms with Crippen LogP contribution in [0.15, 0.2) is 24.3 Å². The lowest BCUT2D eigenvalue weighted by Crippen LogP contribution is -2.67. The Labute approximate surface area is 170 Å². The van der Waals surface area contributed by atoms with E-state index in [1.54, 1.807) is 7.05 Å². The molecule has 0 aliphatic carbocycles. The number of hydrogen-bond acceptors (Lipinski definition) is 7. The number of anilines is 1. The first kappa shape index (κ1) is 19.7. The van der Waals surface area contributed by atoms with Gasteiger partial charge in [0, 0.05) is 25.8 Å². The highest BCUT2D eigenvalue weighted by Gasteiger charge is 2.56. The standard InChI is InChI=1S/C20H27N5O4/c1-4-13-6-8-14(9-7-13)23-10-5-11-24-16-17(21-19(23)24)22(2)20(28)25(18(16)27)12-15(26)29-3/h6-9,16-17,19,21H,4-5,10-12H2,1-3H3. The molecule has 4 rings (SSSR count). The van der Waals surface area contributed by atoms with Crippen molar-refractivity contribution in [2.24, 2.45) is 0 Å². The Bertz CT molecular complexity index is 814. The lowest BCUT2D eigenvalue weighted by Gasteiger charge is -2.43. The maximum absolute atomic E-state index is 13.2. The molecule has 1 aromatic carbocycles. The van der Waals surface area contributed by atoms with E-state index in [2.05, 4.69) is 51.0 Å². The maximum Gasteiger partial charge on any atom is 0.328 e. The Morgan fingerprint density at radius 1 is 1.21 bits per heavy atom. The predicted octanol–water partition coefficient (Wildman–Crippen LogP) is 0.410. The van der Waals surface area contributed by atoms with Crippen LogP contribution < -0.4 is 10.2 Å². The summed E-state index contributed by atoms with van der Waals surface area (Å²) in [6.45, 7) is 3.35. The van der Waals surface area contributed by atoms with Crippen LogP contribution in [0.2, 0.25) is 0 Å². The summed E-state index contributed by atoms with van der Waals surface area (Å²) in [5.41, 5.74) is 2.35. The third kappa shape index (κ3) is 3.24. The number of methoxy groups -OCH3 is 1. The monoisotopic (exact) mass is 401 g/mol. The number of carbonyl (C=O) groups is 3. The van der Waals surface area contributed by atoms with Crippen molar-refractivity contribution in [1.29, 1.82) is 0 Å². The molecule has 0 radical (unpaired) electrons. The van der Waals surface area contributed by atoms with Gasteiger partial charge in [0.2, 0.25) is 0 Å². The van der Waals surface area contributed by atoms with Crippen LogP contribution in [0.5, 0.6) is 0 Å². The second-order valence-corrected chi connectivity index (χ2v) is 7.63. The zero-order chi connectivity index (χ0) is 20.7. The number of carbonyl (C=O) groups excluding carboxylic acids is 3. The minimum Gasteiger partial charge on any atom is -0.468 e. The number of benzene rings is 1. The van der Waals surface area contributed by atoms with E-state index in [-0.39, 0.29) is 18.7 Å². The van der Waals surface area contributed by atoms with Crippen LogP contribution in [-0.2, 0) is 20.7 Å². The molecule has 0 aromatic heterocycles. The Balaban J connectivity index is 1.61. The number of esters is 1. The highest BCUT2D eigenvalue weighted by atomic mass is 16.5. The molecule has 1 N–H and O–H groups in total. The fourth-order valence-corrected chi connectivity index (χ4v) is 4.45. The van der Waals surface area contributed by atoms with E-state index >= 15 is 0 Å². The van der Waals surface area contributed by atoms with Crippen molar-refractivity contribution in [1.82, 2.24) is 20.0 Å². The highest BCUT2D eigenvalue weighted by Crippen LogP contribution is 2.33. The van der Waals surface area contributed by atoms with Gasteiger partial charge in [0.15, 0.2) is 0 Å². The molecule has 9 heteroatoms. The summed E-state index contributed by atoms with van der Waals surface area (Å²) in [5, 5.41) is 3.46. The van der Waals surface area contributed by atoms with Crippen LogP contribution in [0.3, 0.4) is 0 Å². The molecule has 0 spiro atoms. The molecule has 29 heavy (non-hydrogen) atoms. The highest BCUT2D eigenvalue weighted by molar-refractivity contribution is 6.02. The van der Waals surface area contributed by atoms with Gasteiger partial charge in [-0.25, -0.2) is 4.79 Å². The first-order chi connectivity index (χ1) is 14.0. The maximum atomic E-state index is 13.2. The van der Waals surface area contributed by atoms with Crippen LogP contribution in [0, 0.1) is 0 Å². The zero-order valence-electron chi connectivity index (χ0n) is 17.0. The summed E-state index contributed by atoms with van der Waals surface area (Å²) >= 11 is 0. The van der Waals surface area contributed by atoms with Crippen molar-refractivity contribution in [3.63, 3.8) is 0 Å². The summed E-state index contributed by atoms with van der Waals surface area (Å²) < 4.78 is 4.66. The molecular weight excluding hydrogens is 374 g/mol. The minimum atomic E-state index is -0.614.